The zero-order chi connectivity index (χ0) is 18.7. The van der Waals surface area contributed by atoms with E-state index in [-0.39, 0.29) is 28.7 Å². The molecule has 2 aromatic heterocycles. The highest BCUT2D eigenvalue weighted by atomic mass is 16.5. The fourth-order valence-corrected chi connectivity index (χ4v) is 2.41. The Kier molecular flexibility index (Phi) is 4.70. The molecular weight excluding hydrogens is 336 g/mol. The molecule has 1 aromatic carbocycles. The first-order valence-corrected chi connectivity index (χ1v) is 7.76. The minimum atomic E-state index is -0.471. The van der Waals surface area contributed by atoms with Gasteiger partial charge in [-0.25, -0.2) is 4.68 Å². The van der Waals surface area contributed by atoms with Crippen molar-refractivity contribution in [1.82, 2.24) is 24.9 Å². The van der Waals surface area contributed by atoms with Gasteiger partial charge in [0.15, 0.2) is 0 Å². The van der Waals surface area contributed by atoms with E-state index >= 15 is 0 Å². The third-order valence-corrected chi connectivity index (χ3v) is 3.68. The van der Waals surface area contributed by atoms with Crippen LogP contribution in [0.25, 0.3) is 5.69 Å². The largest absolute Gasteiger partial charge is 0.480 e. The molecule has 9 heteroatoms. The third kappa shape index (κ3) is 3.14. The number of aromatic nitrogens is 4. The van der Waals surface area contributed by atoms with E-state index in [2.05, 4.69) is 20.6 Å². The summed E-state index contributed by atoms with van der Waals surface area (Å²) < 4.78 is 6.89. The Balaban J connectivity index is 1.89. The molecule has 0 spiro atoms. The summed E-state index contributed by atoms with van der Waals surface area (Å²) in [6.45, 7) is 0. The van der Waals surface area contributed by atoms with E-state index in [4.69, 9.17) is 4.74 Å². The summed E-state index contributed by atoms with van der Waals surface area (Å²) in [5.41, 5.74) is 1.25. The molecule has 3 aromatic rings. The second-order valence-corrected chi connectivity index (χ2v) is 5.63. The normalized spacial score (nSPS) is 10.4. The number of nitrogens with one attached hydrogen (secondary N) is 2. The standard InChI is InChI=1S/C17H18N6O3/c1-22(2)16(25)12-9-18-21-14(12)20-15(24)13-10-19-23(17(13)26-3)11-7-5-4-6-8-11/h4-10H,1-3H3,(H2,18,20,21,24). The number of rotatable bonds is 5. The Morgan fingerprint density at radius 1 is 1.15 bits per heavy atom. The number of benzene rings is 1. The average molecular weight is 354 g/mol. The molecule has 9 nitrogen and oxygen atoms in total. The number of ether oxygens (including phenoxy) is 1. The Hall–Kier alpha value is -3.62. The van der Waals surface area contributed by atoms with Gasteiger partial charge in [-0.2, -0.15) is 10.2 Å². The van der Waals surface area contributed by atoms with Gasteiger partial charge in [0.1, 0.15) is 16.9 Å². The number of nitrogens with zero attached hydrogens (tertiary/aromatic N) is 4. The van der Waals surface area contributed by atoms with Crippen LogP contribution in [0.1, 0.15) is 20.7 Å². The van der Waals surface area contributed by atoms with E-state index in [0.717, 1.165) is 5.69 Å². The minimum absolute atomic E-state index is 0.211. The average Bonchev–Trinajstić information content (AvgIpc) is 3.28. The SMILES string of the molecule is COc1c(C(=O)Nc2[nH]ncc2C(=O)N(C)C)cnn1-c1ccccc1. The molecule has 26 heavy (non-hydrogen) atoms. The van der Waals surface area contributed by atoms with Gasteiger partial charge < -0.3 is 15.0 Å². The maximum Gasteiger partial charge on any atom is 0.263 e. The maximum absolute atomic E-state index is 12.7. The van der Waals surface area contributed by atoms with Crippen LogP contribution in [0, 0.1) is 0 Å². The van der Waals surface area contributed by atoms with Gasteiger partial charge >= 0.3 is 0 Å². The Morgan fingerprint density at radius 3 is 2.54 bits per heavy atom. The Bertz CT molecular complexity index is 929. The number of aromatic amines is 1. The number of hydrogen-bond donors (Lipinski definition) is 2. The lowest BCUT2D eigenvalue weighted by Gasteiger charge is -2.11. The van der Waals surface area contributed by atoms with Gasteiger partial charge in [-0.3, -0.25) is 14.7 Å². The van der Waals surface area contributed by atoms with Crippen molar-refractivity contribution in [2.24, 2.45) is 0 Å². The summed E-state index contributed by atoms with van der Waals surface area (Å²) in [4.78, 5) is 26.2. The van der Waals surface area contributed by atoms with Gasteiger partial charge in [0.25, 0.3) is 11.8 Å². The van der Waals surface area contributed by atoms with Gasteiger partial charge in [0.2, 0.25) is 5.88 Å². The summed E-state index contributed by atoms with van der Waals surface area (Å²) in [6, 6.07) is 9.30. The van der Waals surface area contributed by atoms with Crippen LogP contribution in [0.5, 0.6) is 5.88 Å². The number of carbonyl (C=O) groups is 2. The van der Waals surface area contributed by atoms with Gasteiger partial charge in [-0.1, -0.05) is 18.2 Å². The van der Waals surface area contributed by atoms with Crippen LogP contribution in [0.15, 0.2) is 42.7 Å². The Labute approximate surface area is 149 Å². The lowest BCUT2D eigenvalue weighted by Crippen LogP contribution is -2.23. The molecular formula is C17H18N6O3. The number of carbonyl (C=O) groups excluding carboxylic acids is 2. The zero-order valence-electron chi connectivity index (χ0n) is 14.6. The van der Waals surface area contributed by atoms with Crippen molar-refractivity contribution in [3.8, 4) is 11.6 Å². The van der Waals surface area contributed by atoms with Crippen molar-refractivity contribution in [3.63, 3.8) is 0 Å². The molecule has 0 unspecified atom stereocenters. The van der Waals surface area contributed by atoms with Gasteiger partial charge in [-0.15, -0.1) is 0 Å². The van der Waals surface area contributed by atoms with E-state index in [1.165, 1.54) is 29.1 Å². The lowest BCUT2D eigenvalue weighted by atomic mass is 10.2. The van der Waals surface area contributed by atoms with Crippen LogP contribution >= 0.6 is 0 Å². The monoisotopic (exact) mass is 354 g/mol. The molecule has 0 saturated carbocycles. The Morgan fingerprint density at radius 2 is 1.88 bits per heavy atom. The molecule has 2 heterocycles. The number of para-hydroxylation sites is 1. The fraction of sp³-hybridized carbons (Fsp3) is 0.176. The number of methoxy groups -OCH3 is 1. The molecule has 0 bridgehead atoms. The van der Waals surface area contributed by atoms with Gasteiger partial charge in [0, 0.05) is 14.1 Å². The number of anilines is 1. The van der Waals surface area contributed by atoms with Gasteiger partial charge in [0.05, 0.1) is 25.2 Å². The van der Waals surface area contributed by atoms with Crippen LogP contribution in [0.2, 0.25) is 0 Å². The predicted molar refractivity (Wildman–Crippen MR) is 94.7 cm³/mol. The van der Waals surface area contributed by atoms with E-state index in [9.17, 15) is 9.59 Å². The van der Waals surface area contributed by atoms with E-state index < -0.39 is 5.91 Å². The summed E-state index contributed by atoms with van der Waals surface area (Å²) in [6.07, 6.45) is 2.77. The summed E-state index contributed by atoms with van der Waals surface area (Å²) in [7, 11) is 4.70. The second kappa shape index (κ2) is 7.09. The van der Waals surface area contributed by atoms with Gasteiger partial charge in [-0.05, 0) is 12.1 Å². The molecule has 0 radical (unpaired) electrons. The quantitative estimate of drug-likeness (QED) is 0.723. The van der Waals surface area contributed by atoms with Crippen LogP contribution in [-0.2, 0) is 0 Å². The van der Waals surface area contributed by atoms with Crippen LogP contribution in [-0.4, -0.2) is 57.9 Å². The van der Waals surface area contributed by atoms with Crippen LogP contribution in [0.3, 0.4) is 0 Å². The zero-order valence-corrected chi connectivity index (χ0v) is 14.6. The highest BCUT2D eigenvalue weighted by molar-refractivity contribution is 6.09. The first-order valence-electron chi connectivity index (χ1n) is 7.76. The fourth-order valence-electron chi connectivity index (χ4n) is 2.41. The van der Waals surface area contributed by atoms with Crippen molar-refractivity contribution in [2.75, 3.05) is 26.5 Å². The van der Waals surface area contributed by atoms with E-state index in [1.54, 1.807) is 14.1 Å². The molecule has 0 aliphatic carbocycles. The lowest BCUT2D eigenvalue weighted by molar-refractivity contribution is 0.0828. The molecule has 134 valence electrons. The van der Waals surface area contributed by atoms with Crippen molar-refractivity contribution in [1.29, 1.82) is 0 Å². The topological polar surface area (TPSA) is 105 Å². The molecule has 0 aliphatic rings. The maximum atomic E-state index is 12.7. The molecule has 0 aliphatic heterocycles. The highest BCUT2D eigenvalue weighted by Gasteiger charge is 2.22. The number of hydrogen-bond acceptors (Lipinski definition) is 5. The molecule has 0 atom stereocenters. The number of amides is 2. The minimum Gasteiger partial charge on any atom is -0.480 e. The third-order valence-electron chi connectivity index (χ3n) is 3.68. The van der Waals surface area contributed by atoms with Crippen molar-refractivity contribution in [3.05, 3.63) is 53.9 Å². The van der Waals surface area contributed by atoms with E-state index in [1.807, 2.05) is 30.3 Å². The van der Waals surface area contributed by atoms with Crippen molar-refractivity contribution < 1.29 is 14.3 Å². The van der Waals surface area contributed by atoms with Crippen molar-refractivity contribution in [2.45, 2.75) is 0 Å². The van der Waals surface area contributed by atoms with Crippen LogP contribution in [0.4, 0.5) is 5.82 Å². The molecule has 0 fully saturated rings. The highest BCUT2D eigenvalue weighted by Crippen LogP contribution is 2.24. The first-order chi connectivity index (χ1) is 12.5. The smallest absolute Gasteiger partial charge is 0.263 e. The second-order valence-electron chi connectivity index (χ2n) is 5.63. The molecule has 2 N–H and O–H groups in total. The first kappa shape index (κ1) is 17.2. The number of H-pyrrole nitrogens is 1. The summed E-state index contributed by atoms with van der Waals surface area (Å²) in [5.74, 6) is -0.251. The van der Waals surface area contributed by atoms with Crippen LogP contribution < -0.4 is 10.1 Å². The summed E-state index contributed by atoms with van der Waals surface area (Å²) >= 11 is 0. The molecule has 0 saturated heterocycles. The van der Waals surface area contributed by atoms with E-state index in [0.29, 0.717) is 0 Å². The van der Waals surface area contributed by atoms with Crippen molar-refractivity contribution >= 4 is 17.6 Å². The molecule has 2 amide bonds. The summed E-state index contributed by atoms with van der Waals surface area (Å²) in [5, 5.41) is 13.3. The molecule has 3 rings (SSSR count). The predicted octanol–water partition coefficient (Wildman–Crippen LogP) is 1.56.